The SMILES string of the molecule is COCC(CO)NC(=O)c1cccc(-n2cccc2)c1. The Morgan fingerprint density at radius 1 is 1.35 bits per heavy atom. The predicted molar refractivity (Wildman–Crippen MR) is 76.0 cm³/mol. The van der Waals surface area contributed by atoms with E-state index in [9.17, 15) is 4.79 Å². The number of aliphatic hydroxyl groups excluding tert-OH is 1. The number of nitrogens with one attached hydrogen (secondary N) is 1. The van der Waals surface area contributed by atoms with E-state index >= 15 is 0 Å². The monoisotopic (exact) mass is 274 g/mol. The molecule has 2 aromatic rings. The standard InChI is InChI=1S/C15H18N2O3/c1-20-11-13(10-18)16-15(19)12-5-4-6-14(9-12)17-7-2-3-8-17/h2-9,13,18H,10-11H2,1H3,(H,16,19). The molecular formula is C15H18N2O3. The highest BCUT2D eigenvalue weighted by molar-refractivity contribution is 5.94. The number of aromatic nitrogens is 1. The van der Waals surface area contributed by atoms with Crippen LogP contribution in [0.25, 0.3) is 5.69 Å². The van der Waals surface area contributed by atoms with E-state index in [0.29, 0.717) is 5.56 Å². The zero-order valence-electron chi connectivity index (χ0n) is 11.3. The van der Waals surface area contributed by atoms with Crippen molar-refractivity contribution in [1.82, 2.24) is 9.88 Å². The number of amides is 1. The fourth-order valence-corrected chi connectivity index (χ4v) is 1.92. The molecule has 0 bridgehead atoms. The van der Waals surface area contributed by atoms with E-state index < -0.39 is 6.04 Å². The molecule has 1 heterocycles. The topological polar surface area (TPSA) is 63.5 Å². The van der Waals surface area contributed by atoms with Gasteiger partial charge in [0.1, 0.15) is 0 Å². The van der Waals surface area contributed by atoms with E-state index in [1.807, 2.05) is 41.2 Å². The van der Waals surface area contributed by atoms with Gasteiger partial charge in [0.2, 0.25) is 0 Å². The normalized spacial score (nSPS) is 12.1. The number of rotatable bonds is 6. The largest absolute Gasteiger partial charge is 0.394 e. The second-order valence-corrected chi connectivity index (χ2v) is 4.45. The molecule has 5 heteroatoms. The quantitative estimate of drug-likeness (QED) is 0.832. The van der Waals surface area contributed by atoms with E-state index in [0.717, 1.165) is 5.69 Å². The van der Waals surface area contributed by atoms with Crippen LogP contribution in [0.2, 0.25) is 0 Å². The molecule has 0 radical (unpaired) electrons. The first-order valence-corrected chi connectivity index (χ1v) is 6.38. The summed E-state index contributed by atoms with van der Waals surface area (Å²) in [5, 5.41) is 11.9. The van der Waals surface area contributed by atoms with Crippen molar-refractivity contribution in [3.8, 4) is 5.69 Å². The van der Waals surface area contributed by atoms with Crippen LogP contribution in [0.5, 0.6) is 0 Å². The van der Waals surface area contributed by atoms with Gasteiger partial charge in [0, 0.05) is 30.8 Å². The van der Waals surface area contributed by atoms with Gasteiger partial charge in [0.15, 0.2) is 0 Å². The van der Waals surface area contributed by atoms with Crippen molar-refractivity contribution in [2.75, 3.05) is 20.3 Å². The predicted octanol–water partition coefficient (Wildman–Crippen LogP) is 1.21. The summed E-state index contributed by atoms with van der Waals surface area (Å²) in [7, 11) is 1.53. The molecule has 0 aliphatic rings. The lowest BCUT2D eigenvalue weighted by Crippen LogP contribution is -2.40. The lowest BCUT2D eigenvalue weighted by molar-refractivity contribution is 0.0839. The summed E-state index contributed by atoms with van der Waals surface area (Å²) in [6.07, 6.45) is 3.83. The number of nitrogens with zero attached hydrogens (tertiary/aromatic N) is 1. The summed E-state index contributed by atoms with van der Waals surface area (Å²) in [6.45, 7) is 0.121. The highest BCUT2D eigenvalue weighted by Crippen LogP contribution is 2.11. The van der Waals surface area contributed by atoms with Gasteiger partial charge in [-0.05, 0) is 30.3 Å². The zero-order valence-corrected chi connectivity index (χ0v) is 11.3. The minimum absolute atomic E-state index is 0.156. The van der Waals surface area contributed by atoms with Crippen LogP contribution in [-0.4, -0.2) is 41.9 Å². The smallest absolute Gasteiger partial charge is 0.251 e. The Kier molecular flexibility index (Phi) is 4.92. The zero-order chi connectivity index (χ0) is 14.4. The molecule has 1 unspecified atom stereocenters. The van der Waals surface area contributed by atoms with E-state index in [1.54, 1.807) is 12.1 Å². The van der Waals surface area contributed by atoms with E-state index in [4.69, 9.17) is 9.84 Å². The lowest BCUT2D eigenvalue weighted by Gasteiger charge is -2.15. The third-order valence-corrected chi connectivity index (χ3v) is 2.93. The third kappa shape index (κ3) is 3.46. The number of carbonyl (C=O) groups is 1. The van der Waals surface area contributed by atoms with Crippen molar-refractivity contribution in [1.29, 1.82) is 0 Å². The van der Waals surface area contributed by atoms with Crippen LogP contribution in [0.15, 0.2) is 48.8 Å². The Bertz CT molecular complexity index is 552. The van der Waals surface area contributed by atoms with Crippen molar-refractivity contribution >= 4 is 5.91 Å². The van der Waals surface area contributed by atoms with Gasteiger partial charge in [-0.2, -0.15) is 0 Å². The van der Waals surface area contributed by atoms with Crippen molar-refractivity contribution < 1.29 is 14.6 Å². The van der Waals surface area contributed by atoms with Crippen LogP contribution in [-0.2, 0) is 4.74 Å². The molecule has 2 N–H and O–H groups in total. The number of carbonyl (C=O) groups excluding carboxylic acids is 1. The molecule has 106 valence electrons. The van der Waals surface area contributed by atoms with Gasteiger partial charge in [0.25, 0.3) is 5.91 Å². The number of ether oxygens (including phenoxy) is 1. The highest BCUT2D eigenvalue weighted by atomic mass is 16.5. The Morgan fingerprint density at radius 3 is 2.75 bits per heavy atom. The van der Waals surface area contributed by atoms with E-state index in [2.05, 4.69) is 5.32 Å². The van der Waals surface area contributed by atoms with E-state index in [-0.39, 0.29) is 19.1 Å². The lowest BCUT2D eigenvalue weighted by atomic mass is 10.1. The van der Waals surface area contributed by atoms with Crippen LogP contribution in [0.4, 0.5) is 0 Å². The Balaban J connectivity index is 2.12. The first kappa shape index (κ1) is 14.3. The highest BCUT2D eigenvalue weighted by Gasteiger charge is 2.13. The summed E-state index contributed by atoms with van der Waals surface area (Å²) >= 11 is 0. The number of hydrogen-bond acceptors (Lipinski definition) is 3. The van der Waals surface area contributed by atoms with E-state index in [1.165, 1.54) is 7.11 Å². The molecule has 1 amide bonds. The molecular weight excluding hydrogens is 256 g/mol. The number of methoxy groups -OCH3 is 1. The van der Waals surface area contributed by atoms with Crippen molar-refractivity contribution in [2.24, 2.45) is 0 Å². The van der Waals surface area contributed by atoms with Crippen molar-refractivity contribution in [3.05, 3.63) is 54.4 Å². The van der Waals surface area contributed by atoms with Crippen LogP contribution >= 0.6 is 0 Å². The molecule has 0 spiro atoms. The van der Waals surface area contributed by atoms with Gasteiger partial charge in [-0.3, -0.25) is 4.79 Å². The van der Waals surface area contributed by atoms with Crippen LogP contribution in [0.3, 0.4) is 0 Å². The molecule has 1 aromatic heterocycles. The molecule has 0 aliphatic heterocycles. The molecule has 1 aromatic carbocycles. The third-order valence-electron chi connectivity index (χ3n) is 2.93. The summed E-state index contributed by atoms with van der Waals surface area (Å²) in [4.78, 5) is 12.1. The number of hydrogen-bond donors (Lipinski definition) is 2. The molecule has 2 rings (SSSR count). The number of benzene rings is 1. The first-order chi connectivity index (χ1) is 9.74. The van der Waals surface area contributed by atoms with Gasteiger partial charge in [-0.25, -0.2) is 0 Å². The second kappa shape index (κ2) is 6.88. The molecule has 20 heavy (non-hydrogen) atoms. The second-order valence-electron chi connectivity index (χ2n) is 4.45. The molecule has 5 nitrogen and oxygen atoms in total. The van der Waals surface area contributed by atoms with Gasteiger partial charge >= 0.3 is 0 Å². The van der Waals surface area contributed by atoms with Gasteiger partial charge in [-0.1, -0.05) is 6.07 Å². The van der Waals surface area contributed by atoms with Crippen LogP contribution in [0, 0.1) is 0 Å². The molecule has 0 saturated heterocycles. The Hall–Kier alpha value is -2.11. The minimum Gasteiger partial charge on any atom is -0.394 e. The maximum atomic E-state index is 12.1. The molecule has 0 saturated carbocycles. The Labute approximate surface area is 117 Å². The molecule has 0 aliphatic carbocycles. The summed E-state index contributed by atoms with van der Waals surface area (Å²) in [6, 6.07) is 10.7. The van der Waals surface area contributed by atoms with Crippen molar-refractivity contribution in [2.45, 2.75) is 6.04 Å². The average molecular weight is 274 g/mol. The van der Waals surface area contributed by atoms with Crippen molar-refractivity contribution in [3.63, 3.8) is 0 Å². The summed E-state index contributed by atoms with van der Waals surface area (Å²) in [5.74, 6) is -0.227. The van der Waals surface area contributed by atoms with Crippen LogP contribution < -0.4 is 5.32 Å². The molecule has 1 atom stereocenters. The molecule has 0 fully saturated rings. The van der Waals surface area contributed by atoms with Gasteiger partial charge in [0.05, 0.1) is 19.3 Å². The number of aliphatic hydroxyl groups is 1. The Morgan fingerprint density at radius 2 is 2.10 bits per heavy atom. The van der Waals surface area contributed by atoms with Gasteiger partial charge < -0.3 is 19.7 Å². The maximum Gasteiger partial charge on any atom is 0.251 e. The maximum absolute atomic E-state index is 12.1. The summed E-state index contributed by atoms with van der Waals surface area (Å²) in [5.41, 5.74) is 1.46. The summed E-state index contributed by atoms with van der Waals surface area (Å²) < 4.78 is 6.86. The fraction of sp³-hybridized carbons (Fsp3) is 0.267. The first-order valence-electron chi connectivity index (χ1n) is 6.38. The minimum atomic E-state index is -0.400. The van der Waals surface area contributed by atoms with Crippen LogP contribution in [0.1, 0.15) is 10.4 Å². The van der Waals surface area contributed by atoms with Gasteiger partial charge in [-0.15, -0.1) is 0 Å². The average Bonchev–Trinajstić information content (AvgIpc) is 3.01. The fourth-order valence-electron chi connectivity index (χ4n) is 1.92.